The Kier molecular flexibility index (Phi) is 2.97. The van der Waals surface area contributed by atoms with Crippen LogP contribution in [0, 0.1) is 12.8 Å². The minimum absolute atomic E-state index is 0.167. The Bertz CT molecular complexity index is 488. The highest BCUT2D eigenvalue weighted by molar-refractivity contribution is 5.73. The number of aliphatic hydroxyl groups excluding tert-OH is 1. The van der Waals surface area contributed by atoms with E-state index in [0.717, 1.165) is 16.7 Å². The molecule has 2 aromatic rings. The maximum atomic E-state index is 9.38. The maximum Gasteiger partial charge on any atom is 0.192 e. The summed E-state index contributed by atoms with van der Waals surface area (Å²) in [6.07, 6.45) is 0. The van der Waals surface area contributed by atoms with Crippen molar-refractivity contribution in [3.8, 4) is 0 Å². The van der Waals surface area contributed by atoms with Crippen molar-refractivity contribution in [2.45, 2.75) is 26.7 Å². The van der Waals surface area contributed by atoms with E-state index in [-0.39, 0.29) is 12.5 Å². The summed E-state index contributed by atoms with van der Waals surface area (Å²) in [5, 5.41) is 9.38. The number of fused-ring (bicyclic) bond motifs is 1. The summed E-state index contributed by atoms with van der Waals surface area (Å²) in [4.78, 5) is 4.30. The van der Waals surface area contributed by atoms with Gasteiger partial charge in [-0.1, -0.05) is 19.9 Å². The second kappa shape index (κ2) is 4.26. The lowest BCUT2D eigenvalue weighted by atomic mass is 9.89. The van der Waals surface area contributed by atoms with Crippen LogP contribution < -0.4 is 0 Å². The van der Waals surface area contributed by atoms with Gasteiger partial charge >= 0.3 is 0 Å². The molecule has 0 saturated heterocycles. The lowest BCUT2D eigenvalue weighted by molar-refractivity contribution is 0.237. The van der Waals surface area contributed by atoms with Gasteiger partial charge in [0, 0.05) is 12.8 Å². The second-order valence-corrected chi connectivity index (χ2v) is 4.49. The van der Waals surface area contributed by atoms with E-state index in [1.54, 1.807) is 0 Å². The van der Waals surface area contributed by atoms with Crippen molar-refractivity contribution in [3.63, 3.8) is 0 Å². The average Bonchev–Trinajstić information content (AvgIpc) is 2.57. The molecule has 1 heterocycles. The van der Waals surface area contributed by atoms with Crippen molar-refractivity contribution in [2.75, 3.05) is 6.61 Å². The molecule has 0 radical (unpaired) electrons. The number of aliphatic hydroxyl groups is 1. The lowest BCUT2D eigenvalue weighted by Crippen LogP contribution is -2.10. The van der Waals surface area contributed by atoms with Crippen LogP contribution in [0.1, 0.15) is 31.2 Å². The predicted molar refractivity (Wildman–Crippen MR) is 63.4 cm³/mol. The highest BCUT2D eigenvalue weighted by atomic mass is 16.3. The van der Waals surface area contributed by atoms with Crippen molar-refractivity contribution in [1.29, 1.82) is 0 Å². The zero-order valence-corrected chi connectivity index (χ0v) is 9.90. The van der Waals surface area contributed by atoms with E-state index in [1.165, 1.54) is 0 Å². The Morgan fingerprint density at radius 1 is 1.38 bits per heavy atom. The topological polar surface area (TPSA) is 46.3 Å². The molecule has 1 unspecified atom stereocenters. The molecule has 3 nitrogen and oxygen atoms in total. The highest BCUT2D eigenvalue weighted by Crippen LogP contribution is 2.27. The number of oxazole rings is 1. The van der Waals surface area contributed by atoms with Crippen molar-refractivity contribution < 1.29 is 9.52 Å². The summed E-state index contributed by atoms with van der Waals surface area (Å²) in [6.45, 7) is 6.23. The van der Waals surface area contributed by atoms with Crippen molar-refractivity contribution in [1.82, 2.24) is 4.98 Å². The maximum absolute atomic E-state index is 9.38. The van der Waals surface area contributed by atoms with E-state index in [1.807, 2.05) is 25.1 Å². The minimum Gasteiger partial charge on any atom is -0.441 e. The minimum atomic E-state index is 0.167. The molecule has 2 rings (SSSR count). The molecular weight excluding hydrogens is 202 g/mol. The number of benzene rings is 1. The van der Waals surface area contributed by atoms with Crippen LogP contribution in [0.25, 0.3) is 11.1 Å². The van der Waals surface area contributed by atoms with Crippen molar-refractivity contribution >= 4 is 11.1 Å². The Labute approximate surface area is 95.1 Å². The van der Waals surface area contributed by atoms with Gasteiger partial charge in [-0.15, -0.1) is 0 Å². The smallest absolute Gasteiger partial charge is 0.192 e. The third-order valence-electron chi connectivity index (χ3n) is 2.95. The number of hydrogen-bond donors (Lipinski definition) is 1. The summed E-state index contributed by atoms with van der Waals surface area (Å²) in [7, 11) is 0. The van der Waals surface area contributed by atoms with E-state index in [4.69, 9.17) is 4.42 Å². The Balaban J connectivity index is 2.44. The molecule has 0 aliphatic rings. The average molecular weight is 219 g/mol. The Morgan fingerprint density at radius 3 is 2.75 bits per heavy atom. The fraction of sp³-hybridized carbons (Fsp3) is 0.462. The number of rotatable bonds is 3. The molecule has 1 aromatic heterocycles. The predicted octanol–water partition coefficient (Wildman–Crippen LogP) is 2.87. The fourth-order valence-electron chi connectivity index (χ4n) is 1.99. The standard InChI is InChI=1S/C13H17NO2/c1-8(2)11(7-15)10-4-5-13-12(6-10)14-9(3)16-13/h4-6,8,11,15H,7H2,1-3H3. The Hall–Kier alpha value is -1.35. The summed E-state index contributed by atoms with van der Waals surface area (Å²) >= 11 is 0. The molecule has 0 saturated carbocycles. The number of aryl methyl sites for hydroxylation is 1. The van der Waals surface area contributed by atoms with Gasteiger partial charge in [-0.2, -0.15) is 0 Å². The first kappa shape index (κ1) is 11.1. The van der Waals surface area contributed by atoms with Gasteiger partial charge in [0.2, 0.25) is 0 Å². The largest absolute Gasteiger partial charge is 0.441 e. The Morgan fingerprint density at radius 2 is 2.12 bits per heavy atom. The molecule has 0 aliphatic carbocycles. The molecule has 0 fully saturated rings. The number of aromatic nitrogens is 1. The van der Waals surface area contributed by atoms with Crippen LogP contribution in [0.5, 0.6) is 0 Å². The first-order valence-electron chi connectivity index (χ1n) is 5.59. The summed E-state index contributed by atoms with van der Waals surface area (Å²) in [6, 6.07) is 5.94. The van der Waals surface area contributed by atoms with Gasteiger partial charge in [0.1, 0.15) is 5.52 Å². The van der Waals surface area contributed by atoms with E-state index >= 15 is 0 Å². The van der Waals surface area contributed by atoms with Crippen molar-refractivity contribution in [2.24, 2.45) is 5.92 Å². The van der Waals surface area contributed by atoms with Gasteiger partial charge in [0.25, 0.3) is 0 Å². The molecule has 0 amide bonds. The fourth-order valence-corrected chi connectivity index (χ4v) is 1.99. The molecule has 0 spiro atoms. The number of hydrogen-bond acceptors (Lipinski definition) is 3. The van der Waals surface area contributed by atoms with E-state index in [0.29, 0.717) is 11.8 Å². The van der Waals surface area contributed by atoms with Crippen molar-refractivity contribution in [3.05, 3.63) is 29.7 Å². The zero-order valence-electron chi connectivity index (χ0n) is 9.90. The molecule has 1 aromatic carbocycles. The summed E-state index contributed by atoms with van der Waals surface area (Å²) in [5.41, 5.74) is 2.80. The van der Waals surface area contributed by atoms with Crippen LogP contribution in [0.15, 0.2) is 22.6 Å². The van der Waals surface area contributed by atoms with Crippen LogP contribution in [-0.2, 0) is 0 Å². The van der Waals surface area contributed by atoms with E-state index in [2.05, 4.69) is 18.8 Å². The molecule has 86 valence electrons. The molecular formula is C13H17NO2. The van der Waals surface area contributed by atoms with Crippen LogP contribution in [0.3, 0.4) is 0 Å². The summed E-state index contributed by atoms with van der Waals surface area (Å²) < 4.78 is 5.42. The normalized spacial score (nSPS) is 13.6. The highest BCUT2D eigenvalue weighted by Gasteiger charge is 2.15. The van der Waals surface area contributed by atoms with Gasteiger partial charge in [-0.3, -0.25) is 0 Å². The molecule has 1 atom stereocenters. The van der Waals surface area contributed by atoms with Crippen LogP contribution >= 0.6 is 0 Å². The van der Waals surface area contributed by atoms with Crippen LogP contribution in [0.4, 0.5) is 0 Å². The first-order chi connectivity index (χ1) is 7.61. The van der Waals surface area contributed by atoms with Gasteiger partial charge in [0.15, 0.2) is 11.5 Å². The third kappa shape index (κ3) is 1.95. The molecule has 3 heteroatoms. The van der Waals surface area contributed by atoms with E-state index < -0.39 is 0 Å². The number of nitrogens with zero attached hydrogens (tertiary/aromatic N) is 1. The van der Waals surface area contributed by atoms with Crippen LogP contribution in [0.2, 0.25) is 0 Å². The monoisotopic (exact) mass is 219 g/mol. The molecule has 1 N–H and O–H groups in total. The second-order valence-electron chi connectivity index (χ2n) is 4.49. The molecule has 16 heavy (non-hydrogen) atoms. The molecule has 0 bridgehead atoms. The van der Waals surface area contributed by atoms with Gasteiger partial charge < -0.3 is 9.52 Å². The SMILES string of the molecule is Cc1nc2cc(C(CO)C(C)C)ccc2o1. The summed E-state index contributed by atoms with van der Waals surface area (Å²) in [5.74, 6) is 1.26. The van der Waals surface area contributed by atoms with Crippen LogP contribution in [-0.4, -0.2) is 16.7 Å². The zero-order chi connectivity index (χ0) is 11.7. The quantitative estimate of drug-likeness (QED) is 0.863. The van der Waals surface area contributed by atoms with Gasteiger partial charge in [-0.25, -0.2) is 4.98 Å². The lowest BCUT2D eigenvalue weighted by Gasteiger charge is -2.18. The first-order valence-corrected chi connectivity index (χ1v) is 5.59. The third-order valence-corrected chi connectivity index (χ3v) is 2.95. The van der Waals surface area contributed by atoms with E-state index in [9.17, 15) is 5.11 Å². The van der Waals surface area contributed by atoms with Gasteiger partial charge in [-0.05, 0) is 23.6 Å². The molecule has 0 aliphatic heterocycles. The van der Waals surface area contributed by atoms with Gasteiger partial charge in [0.05, 0.1) is 6.61 Å².